The maximum absolute atomic E-state index is 12.9. The Labute approximate surface area is 185 Å². The molecule has 1 N–H and O–H groups in total. The van der Waals surface area contributed by atoms with Crippen LogP contribution in [0.4, 0.5) is 5.69 Å². The van der Waals surface area contributed by atoms with E-state index >= 15 is 0 Å². The van der Waals surface area contributed by atoms with Gasteiger partial charge in [0, 0.05) is 16.8 Å². The van der Waals surface area contributed by atoms with Crippen LogP contribution in [0.2, 0.25) is 0 Å². The van der Waals surface area contributed by atoms with Gasteiger partial charge in [0.1, 0.15) is 5.52 Å². The zero-order chi connectivity index (χ0) is 22.7. The highest BCUT2D eigenvalue weighted by Crippen LogP contribution is 2.38. The number of aromatic nitrogens is 1. The Morgan fingerprint density at radius 1 is 0.969 bits per heavy atom. The molecule has 0 aliphatic rings. The van der Waals surface area contributed by atoms with Gasteiger partial charge in [-0.1, -0.05) is 19.1 Å². The molecule has 0 fully saturated rings. The van der Waals surface area contributed by atoms with E-state index in [4.69, 9.17) is 18.6 Å². The maximum Gasteiger partial charge on any atom is 0.255 e. The molecule has 7 nitrogen and oxygen atoms in total. The number of amides is 1. The van der Waals surface area contributed by atoms with Crippen LogP contribution in [0.3, 0.4) is 0 Å². The first-order chi connectivity index (χ1) is 15.6. The molecule has 4 aromatic rings. The van der Waals surface area contributed by atoms with Gasteiger partial charge in [0.2, 0.25) is 11.6 Å². The fourth-order valence-corrected chi connectivity index (χ4v) is 3.46. The zero-order valence-electron chi connectivity index (χ0n) is 18.4. The lowest BCUT2D eigenvalue weighted by Crippen LogP contribution is -2.12. The number of methoxy groups -OCH3 is 3. The van der Waals surface area contributed by atoms with Gasteiger partial charge < -0.3 is 23.9 Å². The van der Waals surface area contributed by atoms with E-state index in [-0.39, 0.29) is 5.91 Å². The van der Waals surface area contributed by atoms with Crippen molar-refractivity contribution in [2.75, 3.05) is 26.6 Å². The van der Waals surface area contributed by atoms with Crippen LogP contribution in [-0.4, -0.2) is 32.2 Å². The number of rotatable bonds is 7. The molecule has 1 aromatic heterocycles. The minimum Gasteiger partial charge on any atom is -0.493 e. The van der Waals surface area contributed by atoms with Gasteiger partial charge in [-0.2, -0.15) is 0 Å². The third-order valence-electron chi connectivity index (χ3n) is 5.15. The second kappa shape index (κ2) is 9.01. The Morgan fingerprint density at radius 3 is 2.38 bits per heavy atom. The van der Waals surface area contributed by atoms with Crippen molar-refractivity contribution >= 4 is 22.7 Å². The van der Waals surface area contributed by atoms with Crippen LogP contribution in [0.15, 0.2) is 59.0 Å². The van der Waals surface area contributed by atoms with Crippen LogP contribution < -0.4 is 19.5 Å². The lowest BCUT2D eigenvalue weighted by molar-refractivity contribution is 0.102. The number of benzene rings is 3. The lowest BCUT2D eigenvalue weighted by atomic mass is 10.1. The van der Waals surface area contributed by atoms with Crippen LogP contribution >= 0.6 is 0 Å². The number of hydrogen-bond acceptors (Lipinski definition) is 6. The van der Waals surface area contributed by atoms with E-state index in [1.165, 1.54) is 26.9 Å². The third-order valence-corrected chi connectivity index (χ3v) is 5.15. The summed E-state index contributed by atoms with van der Waals surface area (Å²) in [5, 5.41) is 2.90. The van der Waals surface area contributed by atoms with E-state index in [0.29, 0.717) is 34.4 Å². The predicted octanol–water partition coefficient (Wildman–Crippen LogP) is 5.34. The van der Waals surface area contributed by atoms with Crippen molar-refractivity contribution in [1.82, 2.24) is 4.98 Å². The lowest BCUT2D eigenvalue weighted by Gasteiger charge is -2.14. The molecule has 0 aliphatic carbocycles. The van der Waals surface area contributed by atoms with Crippen molar-refractivity contribution < 1.29 is 23.4 Å². The average molecular weight is 432 g/mol. The van der Waals surface area contributed by atoms with Crippen LogP contribution in [0.1, 0.15) is 22.8 Å². The number of anilines is 1. The SMILES string of the molecule is CCc1ccc2oc(-c3cccc(NC(=O)c4cc(OC)c(OC)c(OC)c4)c3)nc2c1. The number of carbonyl (C=O) groups excluding carboxylic acids is 1. The Kier molecular flexibility index (Phi) is 5.98. The second-order valence-corrected chi connectivity index (χ2v) is 7.12. The van der Waals surface area contributed by atoms with Gasteiger partial charge in [-0.3, -0.25) is 4.79 Å². The molecule has 0 aliphatic heterocycles. The van der Waals surface area contributed by atoms with Crippen LogP contribution in [0.25, 0.3) is 22.6 Å². The first-order valence-electron chi connectivity index (χ1n) is 10.2. The van der Waals surface area contributed by atoms with E-state index in [1.807, 2.05) is 36.4 Å². The number of nitrogens with zero attached hydrogens (tertiary/aromatic N) is 1. The van der Waals surface area contributed by atoms with Crippen molar-refractivity contribution in [2.24, 2.45) is 0 Å². The molecule has 0 saturated heterocycles. The fourth-order valence-electron chi connectivity index (χ4n) is 3.46. The average Bonchev–Trinajstić information content (AvgIpc) is 3.26. The number of fused-ring (bicyclic) bond motifs is 1. The molecule has 0 atom stereocenters. The molecule has 32 heavy (non-hydrogen) atoms. The van der Waals surface area contributed by atoms with Crippen molar-refractivity contribution in [1.29, 1.82) is 0 Å². The number of aryl methyl sites for hydroxylation is 1. The number of ether oxygens (including phenoxy) is 3. The number of hydrogen-bond donors (Lipinski definition) is 1. The second-order valence-electron chi connectivity index (χ2n) is 7.12. The van der Waals surface area contributed by atoms with Crippen LogP contribution in [-0.2, 0) is 6.42 Å². The Balaban J connectivity index is 1.61. The van der Waals surface area contributed by atoms with Crippen molar-refractivity contribution in [3.8, 4) is 28.7 Å². The number of nitrogens with one attached hydrogen (secondary N) is 1. The Hall–Kier alpha value is -4.00. The van der Waals surface area contributed by atoms with Crippen molar-refractivity contribution in [3.63, 3.8) is 0 Å². The first kappa shape index (κ1) is 21.2. The topological polar surface area (TPSA) is 82.8 Å². The van der Waals surface area contributed by atoms with Gasteiger partial charge in [-0.25, -0.2) is 4.98 Å². The summed E-state index contributed by atoms with van der Waals surface area (Å²) < 4.78 is 21.9. The maximum atomic E-state index is 12.9. The smallest absolute Gasteiger partial charge is 0.255 e. The number of oxazole rings is 1. The first-order valence-corrected chi connectivity index (χ1v) is 10.2. The quantitative estimate of drug-likeness (QED) is 0.425. The molecule has 0 unspecified atom stereocenters. The van der Waals surface area contributed by atoms with Gasteiger partial charge in [0.05, 0.1) is 21.3 Å². The molecule has 0 bridgehead atoms. The molecular weight excluding hydrogens is 408 g/mol. The minimum absolute atomic E-state index is 0.313. The molecule has 7 heteroatoms. The Bertz CT molecular complexity index is 1250. The summed E-state index contributed by atoms with van der Waals surface area (Å²) in [6.45, 7) is 2.10. The van der Waals surface area contributed by atoms with Gasteiger partial charge >= 0.3 is 0 Å². The number of carbonyl (C=O) groups is 1. The summed E-state index contributed by atoms with van der Waals surface area (Å²) >= 11 is 0. The largest absolute Gasteiger partial charge is 0.493 e. The summed E-state index contributed by atoms with van der Waals surface area (Å²) in [5.41, 5.74) is 4.48. The highest BCUT2D eigenvalue weighted by molar-refractivity contribution is 6.05. The van der Waals surface area contributed by atoms with E-state index in [2.05, 4.69) is 17.2 Å². The highest BCUT2D eigenvalue weighted by atomic mass is 16.5. The van der Waals surface area contributed by atoms with Crippen LogP contribution in [0.5, 0.6) is 17.2 Å². The summed E-state index contributed by atoms with van der Waals surface area (Å²) in [4.78, 5) is 17.5. The van der Waals surface area contributed by atoms with Gasteiger partial charge in [-0.05, 0) is 54.4 Å². The molecule has 1 heterocycles. The van der Waals surface area contributed by atoms with Gasteiger partial charge in [0.15, 0.2) is 17.1 Å². The molecule has 0 saturated carbocycles. The van der Waals surface area contributed by atoms with E-state index in [0.717, 1.165) is 23.1 Å². The Morgan fingerprint density at radius 2 is 1.72 bits per heavy atom. The van der Waals surface area contributed by atoms with E-state index in [1.54, 1.807) is 18.2 Å². The zero-order valence-corrected chi connectivity index (χ0v) is 18.4. The molecule has 0 spiro atoms. The third kappa shape index (κ3) is 4.09. The van der Waals surface area contributed by atoms with Crippen molar-refractivity contribution in [3.05, 3.63) is 65.7 Å². The predicted molar refractivity (Wildman–Crippen MR) is 123 cm³/mol. The molecule has 4 rings (SSSR count). The molecule has 3 aromatic carbocycles. The van der Waals surface area contributed by atoms with Gasteiger partial charge in [-0.15, -0.1) is 0 Å². The van der Waals surface area contributed by atoms with Crippen LogP contribution in [0, 0.1) is 0 Å². The monoisotopic (exact) mass is 432 g/mol. The molecule has 0 radical (unpaired) electrons. The molecule has 164 valence electrons. The highest BCUT2D eigenvalue weighted by Gasteiger charge is 2.17. The molecule has 1 amide bonds. The standard InChI is InChI=1S/C25H24N2O5/c1-5-15-9-10-20-19(11-15)27-25(32-20)16-7-6-8-18(12-16)26-24(28)17-13-21(29-2)23(31-4)22(14-17)30-3/h6-14H,5H2,1-4H3,(H,26,28). The van der Waals surface area contributed by atoms with Gasteiger partial charge in [0.25, 0.3) is 5.91 Å². The van der Waals surface area contributed by atoms with E-state index < -0.39 is 0 Å². The summed E-state index contributed by atoms with van der Waals surface area (Å²) in [7, 11) is 4.53. The fraction of sp³-hybridized carbons (Fsp3) is 0.200. The van der Waals surface area contributed by atoms with E-state index in [9.17, 15) is 4.79 Å². The summed E-state index contributed by atoms with van der Waals surface area (Å²) in [5.74, 6) is 1.42. The normalized spacial score (nSPS) is 10.8. The van der Waals surface area contributed by atoms with Crippen molar-refractivity contribution in [2.45, 2.75) is 13.3 Å². The summed E-state index contributed by atoms with van der Waals surface area (Å²) in [6, 6.07) is 16.6. The minimum atomic E-state index is -0.313. The summed E-state index contributed by atoms with van der Waals surface area (Å²) in [6.07, 6.45) is 0.931. The molecular formula is C25H24N2O5.